The van der Waals surface area contributed by atoms with Gasteiger partial charge in [0.2, 0.25) is 0 Å². The van der Waals surface area contributed by atoms with Crippen LogP contribution in [0.2, 0.25) is 0 Å². The Morgan fingerprint density at radius 1 is 0.852 bits per heavy atom. The van der Waals surface area contributed by atoms with Crippen molar-refractivity contribution in [3.63, 3.8) is 0 Å². The number of imidazole rings is 1. The van der Waals surface area contributed by atoms with Crippen molar-refractivity contribution in [1.29, 1.82) is 0 Å². The van der Waals surface area contributed by atoms with Crippen LogP contribution in [-0.4, -0.2) is 16.2 Å². The Bertz CT molecular complexity index is 1350. The van der Waals surface area contributed by atoms with E-state index < -0.39 is 0 Å². The molecule has 0 aliphatic rings. The molecule has 0 saturated heterocycles. The molecule has 0 radical (unpaired) electrons. The van der Waals surface area contributed by atoms with Crippen molar-refractivity contribution in [3.05, 3.63) is 89.0 Å². The largest absolute Gasteiger partial charge is 0.455 e. The molecule has 0 aliphatic heterocycles. The molecule has 5 heteroatoms. The van der Waals surface area contributed by atoms with Crippen LogP contribution in [0.1, 0.15) is 5.76 Å². The van der Waals surface area contributed by atoms with Gasteiger partial charge in [0.05, 0.1) is 22.9 Å². The molecule has 5 nitrogen and oxygen atoms in total. The van der Waals surface area contributed by atoms with Gasteiger partial charge in [0.25, 0.3) is 0 Å². The number of benzene rings is 3. The van der Waals surface area contributed by atoms with Crippen molar-refractivity contribution in [2.75, 3.05) is 0 Å². The van der Waals surface area contributed by atoms with Crippen molar-refractivity contribution in [2.24, 2.45) is 4.99 Å². The molecule has 0 fully saturated rings. The molecule has 5 rings (SSSR count). The highest BCUT2D eigenvalue weighted by molar-refractivity contribution is 5.95. The van der Waals surface area contributed by atoms with E-state index in [1.807, 2.05) is 48.5 Å². The minimum Gasteiger partial charge on any atom is -0.455 e. The predicted molar refractivity (Wildman–Crippen MR) is 108 cm³/mol. The van der Waals surface area contributed by atoms with Crippen LogP contribution < -0.4 is 5.69 Å². The summed E-state index contributed by atoms with van der Waals surface area (Å²) in [4.78, 5) is 21.2. The number of hydrogen-bond acceptors (Lipinski definition) is 3. The topological polar surface area (TPSA) is 74.2 Å². The molecule has 27 heavy (non-hydrogen) atoms. The van der Waals surface area contributed by atoms with Gasteiger partial charge in [-0.15, -0.1) is 0 Å². The van der Waals surface area contributed by atoms with Crippen LogP contribution in [0.15, 0.2) is 87.0 Å². The third kappa shape index (κ3) is 2.85. The fourth-order valence-electron chi connectivity index (χ4n) is 3.25. The van der Waals surface area contributed by atoms with E-state index in [4.69, 9.17) is 4.42 Å². The van der Waals surface area contributed by atoms with Gasteiger partial charge in [-0.25, -0.2) is 4.79 Å². The quantitative estimate of drug-likeness (QED) is 0.447. The number of hydrogen-bond donors (Lipinski definition) is 2. The molecule has 5 aromatic rings. The van der Waals surface area contributed by atoms with E-state index in [2.05, 4.69) is 39.2 Å². The lowest BCUT2D eigenvalue weighted by molar-refractivity contribution is 0.576. The lowest BCUT2D eigenvalue weighted by atomic mass is 10.0. The van der Waals surface area contributed by atoms with Gasteiger partial charge >= 0.3 is 5.69 Å². The minimum absolute atomic E-state index is 0.225. The molecule has 2 heterocycles. The first-order valence-corrected chi connectivity index (χ1v) is 8.60. The maximum absolute atomic E-state index is 11.3. The van der Waals surface area contributed by atoms with E-state index >= 15 is 0 Å². The van der Waals surface area contributed by atoms with Crippen LogP contribution in [0.4, 0.5) is 5.69 Å². The van der Waals surface area contributed by atoms with Gasteiger partial charge in [-0.05, 0) is 41.1 Å². The van der Waals surface area contributed by atoms with Gasteiger partial charge in [0, 0.05) is 5.56 Å². The van der Waals surface area contributed by atoms with Crippen LogP contribution >= 0.6 is 0 Å². The molecular formula is C22H15N3O2. The Morgan fingerprint density at radius 3 is 2.67 bits per heavy atom. The third-order valence-corrected chi connectivity index (χ3v) is 4.52. The predicted octanol–water partition coefficient (Wildman–Crippen LogP) is 5.02. The minimum atomic E-state index is -0.225. The summed E-state index contributed by atoms with van der Waals surface area (Å²) in [6, 6.07) is 23.7. The van der Waals surface area contributed by atoms with Crippen molar-refractivity contribution in [1.82, 2.24) is 9.97 Å². The number of nitrogens with zero attached hydrogens (tertiary/aromatic N) is 1. The summed E-state index contributed by atoms with van der Waals surface area (Å²) >= 11 is 0. The molecule has 0 bridgehead atoms. The number of fused-ring (bicyclic) bond motifs is 2. The SMILES string of the molecule is O=c1[nH]c2ccc(N=Cc3ccc(-c4cccc5ccccc45)o3)cc2[nH]1. The summed E-state index contributed by atoms with van der Waals surface area (Å²) in [6.07, 6.45) is 1.68. The lowest BCUT2D eigenvalue weighted by Gasteiger charge is -2.03. The van der Waals surface area contributed by atoms with Gasteiger partial charge in [0.15, 0.2) is 0 Å². The van der Waals surface area contributed by atoms with Crippen LogP contribution in [0, 0.1) is 0 Å². The molecule has 0 unspecified atom stereocenters. The molecule has 0 saturated carbocycles. The fourth-order valence-corrected chi connectivity index (χ4v) is 3.25. The lowest BCUT2D eigenvalue weighted by Crippen LogP contribution is -1.99. The van der Waals surface area contributed by atoms with Crippen molar-refractivity contribution < 1.29 is 4.42 Å². The Hall–Kier alpha value is -3.86. The van der Waals surface area contributed by atoms with Crippen molar-refractivity contribution >= 4 is 33.7 Å². The zero-order chi connectivity index (χ0) is 18.2. The van der Waals surface area contributed by atoms with Crippen molar-refractivity contribution in [3.8, 4) is 11.3 Å². The molecule has 0 spiro atoms. The van der Waals surface area contributed by atoms with Crippen LogP contribution in [0.25, 0.3) is 33.1 Å². The van der Waals surface area contributed by atoms with Crippen LogP contribution in [0.3, 0.4) is 0 Å². The highest BCUT2D eigenvalue weighted by atomic mass is 16.3. The van der Waals surface area contributed by atoms with E-state index in [-0.39, 0.29) is 5.69 Å². The number of aromatic amines is 2. The van der Waals surface area contributed by atoms with E-state index in [1.165, 1.54) is 5.39 Å². The zero-order valence-corrected chi connectivity index (χ0v) is 14.3. The number of aliphatic imine (C=N–C) groups is 1. The standard InChI is InChI=1S/C22H15N3O2/c26-22-24-19-10-8-15(12-20(19)25-22)23-13-16-9-11-21(27-16)18-7-3-5-14-4-1-2-6-17(14)18/h1-13H,(H2,24,25,26). The summed E-state index contributed by atoms with van der Waals surface area (Å²) < 4.78 is 5.98. The summed E-state index contributed by atoms with van der Waals surface area (Å²) in [7, 11) is 0. The maximum atomic E-state index is 11.3. The fraction of sp³-hybridized carbons (Fsp3) is 0. The average Bonchev–Trinajstić information content (AvgIpc) is 3.31. The number of aromatic nitrogens is 2. The van der Waals surface area contributed by atoms with E-state index in [0.717, 1.165) is 33.4 Å². The number of nitrogens with one attached hydrogen (secondary N) is 2. The molecule has 0 aliphatic carbocycles. The summed E-state index contributed by atoms with van der Waals surface area (Å²) in [5.74, 6) is 1.47. The van der Waals surface area contributed by atoms with E-state index in [0.29, 0.717) is 5.76 Å². The van der Waals surface area contributed by atoms with Crippen LogP contribution in [-0.2, 0) is 0 Å². The smallest absolute Gasteiger partial charge is 0.323 e. The molecule has 2 N–H and O–H groups in total. The molecule has 3 aromatic carbocycles. The summed E-state index contributed by atoms with van der Waals surface area (Å²) in [5, 5.41) is 2.33. The molecule has 0 atom stereocenters. The monoisotopic (exact) mass is 353 g/mol. The first kappa shape index (κ1) is 15.4. The third-order valence-electron chi connectivity index (χ3n) is 4.52. The van der Waals surface area contributed by atoms with Gasteiger partial charge < -0.3 is 14.4 Å². The second kappa shape index (κ2) is 6.14. The summed E-state index contributed by atoms with van der Waals surface area (Å²) in [6.45, 7) is 0. The van der Waals surface area contributed by atoms with Crippen LogP contribution in [0.5, 0.6) is 0 Å². The highest BCUT2D eigenvalue weighted by Gasteiger charge is 2.07. The normalized spacial score (nSPS) is 11.7. The van der Waals surface area contributed by atoms with Gasteiger partial charge in [-0.1, -0.05) is 42.5 Å². The second-order valence-electron chi connectivity index (χ2n) is 6.30. The Balaban J connectivity index is 1.47. The maximum Gasteiger partial charge on any atom is 0.323 e. The highest BCUT2D eigenvalue weighted by Crippen LogP contribution is 2.29. The number of furan rings is 1. The first-order valence-electron chi connectivity index (χ1n) is 8.60. The average molecular weight is 353 g/mol. The van der Waals surface area contributed by atoms with Gasteiger partial charge in [-0.3, -0.25) is 4.99 Å². The first-order chi connectivity index (χ1) is 13.3. The van der Waals surface area contributed by atoms with E-state index in [1.54, 1.807) is 6.21 Å². The van der Waals surface area contributed by atoms with E-state index in [9.17, 15) is 4.79 Å². The van der Waals surface area contributed by atoms with Gasteiger partial charge in [-0.2, -0.15) is 0 Å². The molecule has 130 valence electrons. The Labute approximate surface area is 154 Å². The summed E-state index contributed by atoms with van der Waals surface area (Å²) in [5.41, 5.74) is 3.05. The Morgan fingerprint density at radius 2 is 1.70 bits per heavy atom. The number of H-pyrrole nitrogens is 2. The molecular weight excluding hydrogens is 338 g/mol. The zero-order valence-electron chi connectivity index (χ0n) is 14.3. The second-order valence-corrected chi connectivity index (χ2v) is 6.30. The van der Waals surface area contributed by atoms with Crippen molar-refractivity contribution in [2.45, 2.75) is 0 Å². The molecule has 2 aromatic heterocycles. The van der Waals surface area contributed by atoms with Gasteiger partial charge in [0.1, 0.15) is 11.5 Å². The molecule has 0 amide bonds. The number of rotatable bonds is 3. The Kier molecular flexibility index (Phi) is 3.50.